The smallest absolute Gasteiger partial charge is 0.332 e. The number of nitrogens with two attached hydrogens (primary N) is 1. The molecule has 1 aromatic rings. The number of hydrogen-bond donors (Lipinski definition) is 2. The van der Waals surface area contributed by atoms with Crippen LogP contribution in [-0.4, -0.2) is 24.5 Å². The van der Waals surface area contributed by atoms with Gasteiger partial charge in [0.2, 0.25) is 5.91 Å². The highest BCUT2D eigenvalue weighted by Gasteiger charge is 2.24. The van der Waals surface area contributed by atoms with Gasteiger partial charge in [0.1, 0.15) is 0 Å². The molecule has 3 N–H and O–H groups in total. The van der Waals surface area contributed by atoms with E-state index in [2.05, 4.69) is 19.2 Å². The summed E-state index contributed by atoms with van der Waals surface area (Å²) >= 11 is 0. The van der Waals surface area contributed by atoms with Crippen molar-refractivity contribution < 1.29 is 14.3 Å². The van der Waals surface area contributed by atoms with Gasteiger partial charge in [0, 0.05) is 0 Å². The van der Waals surface area contributed by atoms with Gasteiger partial charge in [-0.3, -0.25) is 4.79 Å². The van der Waals surface area contributed by atoms with Crippen molar-refractivity contribution in [3.8, 4) is 0 Å². The van der Waals surface area contributed by atoms with Gasteiger partial charge in [-0.15, -0.1) is 0 Å². The molecule has 0 spiro atoms. The van der Waals surface area contributed by atoms with Gasteiger partial charge in [-0.25, -0.2) is 4.79 Å². The number of amides is 1. The van der Waals surface area contributed by atoms with Crippen LogP contribution in [0.25, 0.3) is 0 Å². The Kier molecular flexibility index (Phi) is 6.37. The molecule has 0 aromatic heterocycles. The first kappa shape index (κ1) is 17.2. The Morgan fingerprint density at radius 2 is 1.67 bits per heavy atom. The first-order chi connectivity index (χ1) is 9.86. The Bertz CT molecular complexity index is 483. The van der Waals surface area contributed by atoms with Gasteiger partial charge in [-0.05, 0) is 30.9 Å². The highest BCUT2D eigenvalue weighted by Crippen LogP contribution is 2.18. The van der Waals surface area contributed by atoms with E-state index in [0.717, 1.165) is 5.56 Å². The van der Waals surface area contributed by atoms with Crippen molar-refractivity contribution in [3.63, 3.8) is 0 Å². The molecule has 1 aromatic carbocycles. The fourth-order valence-corrected chi connectivity index (χ4v) is 1.90. The number of benzene rings is 1. The van der Waals surface area contributed by atoms with Crippen LogP contribution in [0.3, 0.4) is 0 Å². The molecule has 1 amide bonds. The minimum Gasteiger partial charge on any atom is -0.464 e. The standard InChI is InChI=1S/C16H24N2O3/c1-5-21-16(20)14(17)15(19)18-11(4)13-8-6-12(7-9-13)10(2)3/h6-11,14H,5,17H2,1-4H3,(H,18,19). The van der Waals surface area contributed by atoms with E-state index >= 15 is 0 Å². The topological polar surface area (TPSA) is 81.4 Å². The van der Waals surface area contributed by atoms with Crippen LogP contribution in [0.5, 0.6) is 0 Å². The number of rotatable bonds is 6. The minimum atomic E-state index is -1.29. The van der Waals surface area contributed by atoms with Gasteiger partial charge >= 0.3 is 5.97 Å². The zero-order chi connectivity index (χ0) is 16.0. The summed E-state index contributed by atoms with van der Waals surface area (Å²) in [6.07, 6.45) is 0. The Hall–Kier alpha value is -1.88. The van der Waals surface area contributed by atoms with Crippen LogP contribution < -0.4 is 11.1 Å². The summed E-state index contributed by atoms with van der Waals surface area (Å²) in [5.74, 6) is -0.785. The van der Waals surface area contributed by atoms with Gasteiger partial charge in [-0.2, -0.15) is 0 Å². The number of hydrogen-bond acceptors (Lipinski definition) is 4. The SMILES string of the molecule is CCOC(=O)C(N)C(=O)NC(C)c1ccc(C(C)C)cc1. The van der Waals surface area contributed by atoms with Crippen LogP contribution >= 0.6 is 0 Å². The molecule has 1 rings (SSSR count). The molecule has 0 aliphatic carbocycles. The predicted octanol–water partition coefficient (Wildman–Crippen LogP) is 1.88. The Labute approximate surface area is 125 Å². The Morgan fingerprint density at radius 1 is 1.14 bits per heavy atom. The molecule has 0 heterocycles. The molecule has 2 unspecified atom stereocenters. The van der Waals surface area contributed by atoms with Crippen LogP contribution in [0.2, 0.25) is 0 Å². The van der Waals surface area contributed by atoms with Crippen molar-refractivity contribution in [2.75, 3.05) is 6.61 Å². The van der Waals surface area contributed by atoms with Gasteiger partial charge in [0.05, 0.1) is 12.6 Å². The van der Waals surface area contributed by atoms with Crippen LogP contribution in [0.4, 0.5) is 0 Å². The predicted molar refractivity (Wildman–Crippen MR) is 81.7 cm³/mol. The molecule has 0 aliphatic heterocycles. The van der Waals surface area contributed by atoms with Crippen molar-refractivity contribution in [1.29, 1.82) is 0 Å². The van der Waals surface area contributed by atoms with Crippen LogP contribution in [0.15, 0.2) is 24.3 Å². The third-order valence-electron chi connectivity index (χ3n) is 3.28. The average Bonchev–Trinajstić information content (AvgIpc) is 2.46. The molecular formula is C16H24N2O3. The summed E-state index contributed by atoms with van der Waals surface area (Å²) < 4.78 is 4.73. The number of esters is 1. The maximum absolute atomic E-state index is 11.9. The number of carbonyl (C=O) groups excluding carboxylic acids is 2. The first-order valence-corrected chi connectivity index (χ1v) is 7.19. The van der Waals surface area contributed by atoms with Crippen LogP contribution in [0, 0.1) is 0 Å². The van der Waals surface area contributed by atoms with Crippen molar-refractivity contribution in [2.24, 2.45) is 5.73 Å². The Balaban J connectivity index is 2.65. The lowest BCUT2D eigenvalue weighted by Gasteiger charge is -2.17. The molecular weight excluding hydrogens is 268 g/mol. The van der Waals surface area contributed by atoms with E-state index < -0.39 is 17.9 Å². The quantitative estimate of drug-likeness (QED) is 0.619. The van der Waals surface area contributed by atoms with E-state index in [1.165, 1.54) is 5.56 Å². The van der Waals surface area contributed by atoms with Crippen molar-refractivity contribution in [2.45, 2.75) is 45.7 Å². The van der Waals surface area contributed by atoms with Crippen molar-refractivity contribution in [1.82, 2.24) is 5.32 Å². The summed E-state index contributed by atoms with van der Waals surface area (Å²) in [6.45, 7) is 7.96. The number of ether oxygens (including phenoxy) is 1. The third kappa shape index (κ3) is 4.86. The maximum atomic E-state index is 11.9. The molecule has 0 radical (unpaired) electrons. The molecule has 0 bridgehead atoms. The lowest BCUT2D eigenvalue weighted by atomic mass is 9.99. The number of carbonyl (C=O) groups is 2. The highest BCUT2D eigenvalue weighted by molar-refractivity contribution is 6.01. The molecule has 0 saturated carbocycles. The van der Waals surface area contributed by atoms with Crippen LogP contribution in [0.1, 0.15) is 50.8 Å². The van der Waals surface area contributed by atoms with Gasteiger partial charge in [0.25, 0.3) is 0 Å². The van der Waals surface area contributed by atoms with Gasteiger partial charge in [-0.1, -0.05) is 38.1 Å². The lowest BCUT2D eigenvalue weighted by Crippen LogP contribution is -2.47. The molecule has 2 atom stereocenters. The van der Waals surface area contributed by atoms with Gasteiger partial charge < -0.3 is 15.8 Å². The fourth-order valence-electron chi connectivity index (χ4n) is 1.90. The molecule has 0 aliphatic rings. The van der Waals surface area contributed by atoms with E-state index in [-0.39, 0.29) is 12.6 Å². The Morgan fingerprint density at radius 3 is 2.14 bits per heavy atom. The molecule has 0 fully saturated rings. The molecule has 0 saturated heterocycles. The second kappa shape index (κ2) is 7.78. The second-order valence-electron chi connectivity index (χ2n) is 5.28. The normalized spacial score (nSPS) is 13.6. The van der Waals surface area contributed by atoms with Crippen molar-refractivity contribution >= 4 is 11.9 Å². The molecule has 21 heavy (non-hydrogen) atoms. The fraction of sp³-hybridized carbons (Fsp3) is 0.500. The molecule has 116 valence electrons. The van der Waals surface area contributed by atoms with E-state index in [4.69, 9.17) is 10.5 Å². The van der Waals surface area contributed by atoms with E-state index in [9.17, 15) is 9.59 Å². The summed E-state index contributed by atoms with van der Waals surface area (Å²) in [5, 5.41) is 2.72. The number of nitrogens with one attached hydrogen (secondary N) is 1. The van der Waals surface area contributed by atoms with E-state index in [1.807, 2.05) is 31.2 Å². The largest absolute Gasteiger partial charge is 0.464 e. The van der Waals surface area contributed by atoms with E-state index in [0.29, 0.717) is 5.92 Å². The zero-order valence-electron chi connectivity index (χ0n) is 13.1. The van der Waals surface area contributed by atoms with Gasteiger partial charge in [0.15, 0.2) is 6.04 Å². The lowest BCUT2D eigenvalue weighted by molar-refractivity contribution is -0.148. The molecule has 5 heteroatoms. The second-order valence-corrected chi connectivity index (χ2v) is 5.28. The average molecular weight is 292 g/mol. The monoisotopic (exact) mass is 292 g/mol. The minimum absolute atomic E-state index is 0.200. The van der Waals surface area contributed by atoms with E-state index in [1.54, 1.807) is 6.92 Å². The summed E-state index contributed by atoms with van der Waals surface area (Å²) in [5.41, 5.74) is 7.75. The van der Waals surface area contributed by atoms with Crippen LogP contribution in [-0.2, 0) is 14.3 Å². The summed E-state index contributed by atoms with van der Waals surface area (Å²) in [7, 11) is 0. The van der Waals surface area contributed by atoms with Crippen molar-refractivity contribution in [3.05, 3.63) is 35.4 Å². The molecule has 5 nitrogen and oxygen atoms in total. The summed E-state index contributed by atoms with van der Waals surface area (Å²) in [6, 6.07) is 6.50. The zero-order valence-corrected chi connectivity index (χ0v) is 13.1. The third-order valence-corrected chi connectivity index (χ3v) is 3.28. The maximum Gasteiger partial charge on any atom is 0.332 e. The summed E-state index contributed by atoms with van der Waals surface area (Å²) in [4.78, 5) is 23.3. The first-order valence-electron chi connectivity index (χ1n) is 7.19. The highest BCUT2D eigenvalue weighted by atomic mass is 16.5.